The molecular formula is C11H18N4. The van der Waals surface area contributed by atoms with Crippen molar-refractivity contribution in [3.05, 3.63) is 11.6 Å². The molecule has 4 nitrogen and oxygen atoms in total. The number of aromatic amines is 1. The molecule has 4 heteroatoms. The number of rotatable bonds is 4. The van der Waals surface area contributed by atoms with E-state index < -0.39 is 0 Å². The Hall–Kier alpha value is -0.900. The lowest BCUT2D eigenvalue weighted by molar-refractivity contribution is 0.341. The number of nitrogens with zero attached hydrogens (tertiary/aromatic N) is 3. The van der Waals surface area contributed by atoms with Crippen LogP contribution in [0.2, 0.25) is 0 Å². The minimum atomic E-state index is 0.668. The first-order valence-corrected chi connectivity index (χ1v) is 6.05. The summed E-state index contributed by atoms with van der Waals surface area (Å²) in [6.07, 6.45) is 6.32. The largest absolute Gasteiger partial charge is 0.303 e. The molecule has 2 heterocycles. The van der Waals surface area contributed by atoms with Crippen LogP contribution < -0.4 is 0 Å². The third kappa shape index (κ3) is 2.20. The standard InChI is InChI=1S/C11H18N4/c1-2-7-15(6-1)8-5-10-12-11(14-13-10)9-3-4-9/h9H,1-8H2,(H,12,13,14). The van der Waals surface area contributed by atoms with Crippen LogP contribution in [0.1, 0.15) is 43.3 Å². The van der Waals surface area contributed by atoms with E-state index in [1.807, 2.05) is 0 Å². The molecule has 1 aliphatic heterocycles. The molecule has 1 N–H and O–H groups in total. The van der Waals surface area contributed by atoms with Crippen LogP contribution >= 0.6 is 0 Å². The van der Waals surface area contributed by atoms with Gasteiger partial charge in [0.2, 0.25) is 0 Å². The first-order chi connectivity index (χ1) is 7.42. The Morgan fingerprint density at radius 3 is 2.80 bits per heavy atom. The van der Waals surface area contributed by atoms with Gasteiger partial charge in [0.25, 0.3) is 0 Å². The van der Waals surface area contributed by atoms with Gasteiger partial charge < -0.3 is 4.90 Å². The predicted molar refractivity (Wildman–Crippen MR) is 57.7 cm³/mol. The zero-order valence-corrected chi connectivity index (χ0v) is 9.08. The van der Waals surface area contributed by atoms with E-state index in [0.717, 1.165) is 24.6 Å². The van der Waals surface area contributed by atoms with Gasteiger partial charge in [0.05, 0.1) is 0 Å². The lowest BCUT2D eigenvalue weighted by atomic mass is 10.3. The predicted octanol–water partition coefficient (Wildman–Crippen LogP) is 1.32. The van der Waals surface area contributed by atoms with Crippen LogP contribution in [-0.2, 0) is 6.42 Å². The van der Waals surface area contributed by atoms with E-state index in [0.29, 0.717) is 5.92 Å². The number of likely N-dealkylation sites (tertiary alicyclic amines) is 1. The quantitative estimate of drug-likeness (QED) is 0.808. The Kier molecular flexibility index (Phi) is 2.44. The highest BCUT2D eigenvalue weighted by Crippen LogP contribution is 2.37. The Bertz CT molecular complexity index is 323. The number of aromatic nitrogens is 3. The fourth-order valence-corrected chi connectivity index (χ4v) is 2.22. The van der Waals surface area contributed by atoms with Gasteiger partial charge in [-0.2, -0.15) is 5.10 Å². The molecule has 3 rings (SSSR count). The van der Waals surface area contributed by atoms with Crippen LogP contribution in [0.3, 0.4) is 0 Å². The van der Waals surface area contributed by atoms with E-state index in [1.165, 1.54) is 38.8 Å². The lowest BCUT2D eigenvalue weighted by Gasteiger charge is -2.12. The van der Waals surface area contributed by atoms with Crippen LogP contribution in [0.25, 0.3) is 0 Å². The fourth-order valence-electron chi connectivity index (χ4n) is 2.22. The Balaban J connectivity index is 1.52. The molecule has 0 radical (unpaired) electrons. The van der Waals surface area contributed by atoms with E-state index in [9.17, 15) is 0 Å². The zero-order chi connectivity index (χ0) is 10.1. The van der Waals surface area contributed by atoms with Crippen molar-refractivity contribution in [2.24, 2.45) is 0 Å². The number of hydrogen-bond acceptors (Lipinski definition) is 3. The molecule has 0 aromatic carbocycles. The summed E-state index contributed by atoms with van der Waals surface area (Å²) in [5.74, 6) is 2.79. The normalized spacial score (nSPS) is 22.4. The van der Waals surface area contributed by atoms with E-state index in [-0.39, 0.29) is 0 Å². The summed E-state index contributed by atoms with van der Waals surface area (Å²) in [6.45, 7) is 3.67. The monoisotopic (exact) mass is 206 g/mol. The van der Waals surface area contributed by atoms with Crippen molar-refractivity contribution in [1.82, 2.24) is 20.1 Å². The molecule has 2 aliphatic rings. The van der Waals surface area contributed by atoms with Gasteiger partial charge in [0, 0.05) is 18.9 Å². The molecule has 82 valence electrons. The number of hydrogen-bond donors (Lipinski definition) is 1. The molecule has 0 amide bonds. The third-order valence-electron chi connectivity index (χ3n) is 3.36. The smallest absolute Gasteiger partial charge is 0.153 e. The molecule has 1 aromatic heterocycles. The highest BCUT2D eigenvalue weighted by atomic mass is 15.2. The van der Waals surface area contributed by atoms with Crippen molar-refractivity contribution in [2.75, 3.05) is 19.6 Å². The Morgan fingerprint density at radius 2 is 2.07 bits per heavy atom. The fraction of sp³-hybridized carbons (Fsp3) is 0.818. The molecular weight excluding hydrogens is 188 g/mol. The van der Waals surface area contributed by atoms with Crippen LogP contribution in [-0.4, -0.2) is 39.7 Å². The van der Waals surface area contributed by atoms with Crippen molar-refractivity contribution in [1.29, 1.82) is 0 Å². The second-order valence-corrected chi connectivity index (χ2v) is 4.71. The maximum absolute atomic E-state index is 4.54. The van der Waals surface area contributed by atoms with E-state index in [4.69, 9.17) is 0 Å². The van der Waals surface area contributed by atoms with Gasteiger partial charge in [-0.15, -0.1) is 0 Å². The van der Waals surface area contributed by atoms with E-state index in [2.05, 4.69) is 20.1 Å². The SMILES string of the molecule is C1CCN(CCc2nc(C3CC3)n[nH]2)C1. The second-order valence-electron chi connectivity index (χ2n) is 4.71. The van der Waals surface area contributed by atoms with Crippen LogP contribution in [0.4, 0.5) is 0 Å². The van der Waals surface area contributed by atoms with Gasteiger partial charge in [-0.1, -0.05) is 0 Å². The highest BCUT2D eigenvalue weighted by Gasteiger charge is 2.27. The van der Waals surface area contributed by atoms with Crippen molar-refractivity contribution in [2.45, 2.75) is 38.0 Å². The van der Waals surface area contributed by atoms with Gasteiger partial charge in [-0.05, 0) is 38.8 Å². The summed E-state index contributed by atoms with van der Waals surface area (Å²) < 4.78 is 0. The van der Waals surface area contributed by atoms with Gasteiger partial charge in [0.1, 0.15) is 5.82 Å². The third-order valence-corrected chi connectivity index (χ3v) is 3.36. The summed E-state index contributed by atoms with van der Waals surface area (Å²) >= 11 is 0. The summed E-state index contributed by atoms with van der Waals surface area (Å²) in [7, 11) is 0. The van der Waals surface area contributed by atoms with Crippen LogP contribution in [0.5, 0.6) is 0 Å². The molecule has 1 saturated carbocycles. The van der Waals surface area contributed by atoms with Crippen LogP contribution in [0, 0.1) is 0 Å². The summed E-state index contributed by atoms with van der Waals surface area (Å²) in [6, 6.07) is 0. The van der Waals surface area contributed by atoms with E-state index >= 15 is 0 Å². The molecule has 1 aliphatic carbocycles. The lowest BCUT2D eigenvalue weighted by Crippen LogP contribution is -2.22. The Morgan fingerprint density at radius 1 is 1.27 bits per heavy atom. The van der Waals surface area contributed by atoms with Gasteiger partial charge in [0.15, 0.2) is 5.82 Å². The molecule has 1 aromatic rings. The van der Waals surface area contributed by atoms with Crippen LogP contribution in [0.15, 0.2) is 0 Å². The molecule has 0 spiro atoms. The maximum Gasteiger partial charge on any atom is 0.153 e. The minimum absolute atomic E-state index is 0.668. The van der Waals surface area contributed by atoms with Gasteiger partial charge in [-0.3, -0.25) is 5.10 Å². The zero-order valence-electron chi connectivity index (χ0n) is 9.08. The maximum atomic E-state index is 4.54. The number of H-pyrrole nitrogens is 1. The molecule has 0 bridgehead atoms. The summed E-state index contributed by atoms with van der Waals surface area (Å²) in [5.41, 5.74) is 0. The summed E-state index contributed by atoms with van der Waals surface area (Å²) in [4.78, 5) is 7.05. The molecule has 1 saturated heterocycles. The topological polar surface area (TPSA) is 44.8 Å². The first kappa shape index (κ1) is 9.33. The van der Waals surface area contributed by atoms with Gasteiger partial charge >= 0.3 is 0 Å². The number of nitrogens with one attached hydrogen (secondary N) is 1. The van der Waals surface area contributed by atoms with Crippen molar-refractivity contribution < 1.29 is 0 Å². The van der Waals surface area contributed by atoms with Gasteiger partial charge in [-0.25, -0.2) is 4.98 Å². The van der Waals surface area contributed by atoms with E-state index in [1.54, 1.807) is 0 Å². The van der Waals surface area contributed by atoms with Crippen molar-refractivity contribution >= 4 is 0 Å². The molecule has 0 unspecified atom stereocenters. The van der Waals surface area contributed by atoms with Crippen molar-refractivity contribution in [3.8, 4) is 0 Å². The average molecular weight is 206 g/mol. The Labute approximate surface area is 90.1 Å². The molecule has 15 heavy (non-hydrogen) atoms. The second kappa shape index (κ2) is 3.93. The minimum Gasteiger partial charge on any atom is -0.303 e. The average Bonchev–Trinajstić information content (AvgIpc) is 2.82. The molecule has 0 atom stereocenters. The highest BCUT2D eigenvalue weighted by molar-refractivity contribution is 5.05. The summed E-state index contributed by atoms with van der Waals surface area (Å²) in [5, 5.41) is 7.33. The first-order valence-electron chi connectivity index (χ1n) is 6.05. The molecule has 2 fully saturated rings. The van der Waals surface area contributed by atoms with Crippen molar-refractivity contribution in [3.63, 3.8) is 0 Å².